The van der Waals surface area contributed by atoms with Gasteiger partial charge >= 0.3 is 0 Å². The molecule has 0 radical (unpaired) electrons. The summed E-state index contributed by atoms with van der Waals surface area (Å²) in [6.45, 7) is 7.10. The molecular formula is C23H30N4O4. The first-order chi connectivity index (χ1) is 15.0. The van der Waals surface area contributed by atoms with Crippen molar-refractivity contribution < 1.29 is 19.1 Å². The number of anilines is 1. The van der Waals surface area contributed by atoms with Crippen LogP contribution in [0.3, 0.4) is 0 Å². The zero-order chi connectivity index (χ0) is 21.8. The SMILES string of the molecule is CCn1nc(C)cc1C(=O)N1CCC(CCC(=O)Nc2ccc3c(c2)OCCO3)CC1. The second-order valence-electron chi connectivity index (χ2n) is 8.17. The molecular weight excluding hydrogens is 396 g/mol. The Kier molecular flexibility index (Phi) is 6.44. The number of carbonyl (C=O) groups excluding carboxylic acids is 2. The summed E-state index contributed by atoms with van der Waals surface area (Å²) in [6, 6.07) is 7.32. The maximum atomic E-state index is 12.9. The number of nitrogens with one attached hydrogen (secondary N) is 1. The summed E-state index contributed by atoms with van der Waals surface area (Å²) in [7, 11) is 0. The second kappa shape index (κ2) is 9.41. The largest absolute Gasteiger partial charge is 0.486 e. The average molecular weight is 427 g/mol. The molecule has 0 spiro atoms. The molecule has 1 N–H and O–H groups in total. The van der Waals surface area contributed by atoms with Crippen LogP contribution in [0.5, 0.6) is 11.5 Å². The highest BCUT2D eigenvalue weighted by atomic mass is 16.6. The number of piperidine rings is 1. The molecule has 0 aliphatic carbocycles. The number of hydrogen-bond donors (Lipinski definition) is 1. The van der Waals surface area contributed by atoms with Crippen LogP contribution in [-0.4, -0.2) is 52.8 Å². The van der Waals surface area contributed by atoms with Gasteiger partial charge in [-0.15, -0.1) is 0 Å². The lowest BCUT2D eigenvalue weighted by atomic mass is 9.92. The minimum atomic E-state index is -0.00231. The first-order valence-corrected chi connectivity index (χ1v) is 11.1. The predicted molar refractivity (Wildman–Crippen MR) is 117 cm³/mol. The van der Waals surface area contributed by atoms with Crippen LogP contribution in [-0.2, 0) is 11.3 Å². The van der Waals surface area contributed by atoms with Crippen LogP contribution < -0.4 is 14.8 Å². The number of aryl methyl sites for hydroxylation is 2. The van der Waals surface area contributed by atoms with Crippen molar-refractivity contribution in [3.63, 3.8) is 0 Å². The lowest BCUT2D eigenvalue weighted by molar-refractivity contribution is -0.116. The quantitative estimate of drug-likeness (QED) is 0.766. The summed E-state index contributed by atoms with van der Waals surface area (Å²) in [5, 5.41) is 7.32. The minimum absolute atomic E-state index is 0.00231. The van der Waals surface area contributed by atoms with Gasteiger partial charge in [-0.1, -0.05) is 0 Å². The lowest BCUT2D eigenvalue weighted by Gasteiger charge is -2.32. The van der Waals surface area contributed by atoms with E-state index in [1.54, 1.807) is 10.7 Å². The van der Waals surface area contributed by atoms with Crippen molar-refractivity contribution in [2.24, 2.45) is 5.92 Å². The molecule has 0 unspecified atom stereocenters. The lowest BCUT2D eigenvalue weighted by Crippen LogP contribution is -2.39. The van der Waals surface area contributed by atoms with Gasteiger partial charge in [0.15, 0.2) is 11.5 Å². The molecule has 1 saturated heterocycles. The number of amides is 2. The summed E-state index contributed by atoms with van der Waals surface area (Å²) in [6.07, 6.45) is 3.13. The number of rotatable bonds is 6. The molecule has 2 aromatic rings. The highest BCUT2D eigenvalue weighted by molar-refractivity contribution is 5.93. The smallest absolute Gasteiger partial charge is 0.272 e. The predicted octanol–water partition coefficient (Wildman–Crippen LogP) is 3.25. The Morgan fingerprint density at radius 2 is 1.87 bits per heavy atom. The van der Waals surface area contributed by atoms with E-state index < -0.39 is 0 Å². The molecule has 4 rings (SSSR count). The van der Waals surface area contributed by atoms with E-state index in [1.165, 1.54) is 0 Å². The molecule has 2 aliphatic rings. The van der Waals surface area contributed by atoms with Crippen LogP contribution in [0.15, 0.2) is 24.3 Å². The van der Waals surface area contributed by atoms with E-state index in [9.17, 15) is 9.59 Å². The molecule has 8 nitrogen and oxygen atoms in total. The summed E-state index contributed by atoms with van der Waals surface area (Å²) in [4.78, 5) is 27.2. The number of hydrogen-bond acceptors (Lipinski definition) is 5. The van der Waals surface area contributed by atoms with E-state index in [2.05, 4.69) is 10.4 Å². The van der Waals surface area contributed by atoms with Crippen LogP contribution in [0.25, 0.3) is 0 Å². The van der Waals surface area contributed by atoms with Crippen molar-refractivity contribution in [3.05, 3.63) is 35.7 Å². The van der Waals surface area contributed by atoms with E-state index in [1.807, 2.05) is 36.9 Å². The van der Waals surface area contributed by atoms with Crippen LogP contribution in [0.2, 0.25) is 0 Å². The second-order valence-corrected chi connectivity index (χ2v) is 8.17. The monoisotopic (exact) mass is 426 g/mol. The number of ether oxygens (including phenoxy) is 2. The molecule has 2 amide bonds. The van der Waals surface area contributed by atoms with Crippen LogP contribution in [0, 0.1) is 12.8 Å². The van der Waals surface area contributed by atoms with Crippen molar-refractivity contribution in [1.82, 2.24) is 14.7 Å². The first kappa shape index (κ1) is 21.2. The molecule has 1 fully saturated rings. The molecule has 1 aromatic heterocycles. The van der Waals surface area contributed by atoms with Gasteiger partial charge in [0, 0.05) is 37.8 Å². The average Bonchev–Trinajstić information content (AvgIpc) is 3.18. The number of likely N-dealkylation sites (tertiary alicyclic amines) is 1. The minimum Gasteiger partial charge on any atom is -0.486 e. The molecule has 3 heterocycles. The van der Waals surface area contributed by atoms with Gasteiger partial charge in [-0.3, -0.25) is 14.3 Å². The molecule has 0 saturated carbocycles. The third-order valence-electron chi connectivity index (χ3n) is 5.93. The van der Waals surface area contributed by atoms with Gasteiger partial charge in [-0.2, -0.15) is 5.10 Å². The third kappa shape index (κ3) is 5.00. The van der Waals surface area contributed by atoms with Gasteiger partial charge in [-0.05, 0) is 57.2 Å². The zero-order valence-electron chi connectivity index (χ0n) is 18.2. The topological polar surface area (TPSA) is 85.7 Å². The molecule has 0 bridgehead atoms. The molecule has 1 aromatic carbocycles. The summed E-state index contributed by atoms with van der Waals surface area (Å²) in [5.41, 5.74) is 2.25. The fraction of sp³-hybridized carbons (Fsp3) is 0.522. The Morgan fingerprint density at radius 1 is 1.13 bits per heavy atom. The number of carbonyl (C=O) groups is 2. The maximum absolute atomic E-state index is 12.9. The van der Waals surface area contributed by atoms with Crippen LogP contribution in [0.1, 0.15) is 48.8 Å². The number of benzene rings is 1. The highest BCUT2D eigenvalue weighted by Gasteiger charge is 2.26. The van der Waals surface area contributed by atoms with E-state index in [-0.39, 0.29) is 11.8 Å². The Hall–Kier alpha value is -3.03. The fourth-order valence-electron chi connectivity index (χ4n) is 4.23. The fourth-order valence-corrected chi connectivity index (χ4v) is 4.23. The van der Waals surface area contributed by atoms with Gasteiger partial charge in [0.2, 0.25) is 5.91 Å². The number of fused-ring (bicyclic) bond motifs is 1. The maximum Gasteiger partial charge on any atom is 0.272 e. The van der Waals surface area contributed by atoms with Crippen LogP contribution >= 0.6 is 0 Å². The number of nitrogens with zero attached hydrogens (tertiary/aromatic N) is 3. The third-order valence-corrected chi connectivity index (χ3v) is 5.93. The Morgan fingerprint density at radius 3 is 2.61 bits per heavy atom. The van der Waals surface area contributed by atoms with Crippen molar-refractivity contribution >= 4 is 17.5 Å². The summed E-state index contributed by atoms with van der Waals surface area (Å²) in [5.74, 6) is 1.88. The summed E-state index contributed by atoms with van der Waals surface area (Å²) >= 11 is 0. The molecule has 2 aliphatic heterocycles. The van der Waals surface area contributed by atoms with Crippen molar-refractivity contribution in [1.29, 1.82) is 0 Å². The van der Waals surface area contributed by atoms with E-state index >= 15 is 0 Å². The van der Waals surface area contributed by atoms with Gasteiger partial charge < -0.3 is 19.7 Å². The molecule has 166 valence electrons. The Balaban J connectivity index is 1.23. The summed E-state index contributed by atoms with van der Waals surface area (Å²) < 4.78 is 12.8. The van der Waals surface area contributed by atoms with Crippen LogP contribution in [0.4, 0.5) is 5.69 Å². The van der Waals surface area contributed by atoms with Gasteiger partial charge in [0.1, 0.15) is 18.9 Å². The molecule has 31 heavy (non-hydrogen) atoms. The van der Waals surface area contributed by atoms with Gasteiger partial charge in [0.25, 0.3) is 5.91 Å². The number of aromatic nitrogens is 2. The standard InChI is InChI=1S/C23H30N4O4/c1-3-27-19(14-16(2)25-27)23(29)26-10-8-17(9-11-26)4-7-22(28)24-18-5-6-20-21(15-18)31-13-12-30-20/h5-6,14-15,17H,3-4,7-13H2,1-2H3,(H,24,28). The Bertz CT molecular complexity index is 947. The van der Waals surface area contributed by atoms with Crippen molar-refractivity contribution in [2.75, 3.05) is 31.6 Å². The Labute approximate surface area is 182 Å². The molecule has 8 heteroatoms. The normalized spacial score (nSPS) is 16.3. The highest BCUT2D eigenvalue weighted by Crippen LogP contribution is 2.32. The van der Waals surface area contributed by atoms with E-state index in [4.69, 9.17) is 9.47 Å². The van der Waals surface area contributed by atoms with E-state index in [0.29, 0.717) is 49.3 Å². The zero-order valence-corrected chi connectivity index (χ0v) is 18.2. The van der Waals surface area contributed by atoms with Crippen molar-refractivity contribution in [2.45, 2.75) is 46.1 Å². The first-order valence-electron chi connectivity index (χ1n) is 11.1. The van der Waals surface area contributed by atoms with E-state index in [0.717, 1.165) is 43.7 Å². The molecule has 0 atom stereocenters. The van der Waals surface area contributed by atoms with Gasteiger partial charge in [0.05, 0.1) is 5.69 Å². The van der Waals surface area contributed by atoms with Gasteiger partial charge in [-0.25, -0.2) is 0 Å². The van der Waals surface area contributed by atoms with Crippen molar-refractivity contribution in [3.8, 4) is 11.5 Å².